The third kappa shape index (κ3) is 4.15. The fourth-order valence-corrected chi connectivity index (χ4v) is 3.14. The average Bonchev–Trinajstić information content (AvgIpc) is 2.59. The molecule has 3 rings (SSSR count). The molecule has 1 fully saturated rings. The molecule has 7 nitrogen and oxygen atoms in total. The first-order valence-electron chi connectivity index (χ1n) is 8.96. The normalized spacial score (nSPS) is 18.0. The monoisotopic (exact) mass is 357 g/mol. The van der Waals surface area contributed by atoms with Gasteiger partial charge in [-0.3, -0.25) is 4.98 Å². The Morgan fingerprint density at radius 1 is 1.35 bits per heavy atom. The number of hydrogen-bond acceptors (Lipinski definition) is 6. The SMILES string of the molecule is CN(c1cnc2cc(N)ccc2n1)[C@@H]1CCCN(C(=O)OC(C)(C)C)C1. The van der Waals surface area contributed by atoms with Gasteiger partial charge in [0.05, 0.1) is 17.2 Å². The lowest BCUT2D eigenvalue weighted by Crippen LogP contribution is -2.50. The highest BCUT2D eigenvalue weighted by molar-refractivity contribution is 5.79. The highest BCUT2D eigenvalue weighted by Gasteiger charge is 2.30. The molecule has 0 bridgehead atoms. The number of carbonyl (C=O) groups is 1. The zero-order valence-electron chi connectivity index (χ0n) is 15.9. The van der Waals surface area contributed by atoms with Crippen LogP contribution in [-0.4, -0.2) is 52.7 Å². The fourth-order valence-electron chi connectivity index (χ4n) is 3.14. The molecule has 1 aliphatic heterocycles. The van der Waals surface area contributed by atoms with Crippen molar-refractivity contribution >= 4 is 28.6 Å². The standard InChI is InChI=1S/C19H27N5O2/c1-19(2,3)26-18(25)24-9-5-6-14(12-24)23(4)17-11-21-16-10-13(20)7-8-15(16)22-17/h7-8,10-11,14H,5-6,9,12,20H2,1-4H3/t14-/m1/s1. The summed E-state index contributed by atoms with van der Waals surface area (Å²) in [4.78, 5) is 25.4. The number of amides is 1. The summed E-state index contributed by atoms with van der Waals surface area (Å²) in [6.45, 7) is 7.00. The summed E-state index contributed by atoms with van der Waals surface area (Å²) in [5.41, 5.74) is 7.58. The van der Waals surface area contributed by atoms with Crippen LogP contribution in [0, 0.1) is 0 Å². The molecule has 1 aromatic carbocycles. The number of hydrogen-bond donors (Lipinski definition) is 1. The number of benzene rings is 1. The summed E-state index contributed by atoms with van der Waals surface area (Å²) in [6, 6.07) is 5.70. The van der Waals surface area contributed by atoms with Crippen molar-refractivity contribution in [2.24, 2.45) is 0 Å². The minimum atomic E-state index is -0.485. The van der Waals surface area contributed by atoms with Crippen LogP contribution in [0.15, 0.2) is 24.4 Å². The molecule has 1 saturated heterocycles. The van der Waals surface area contributed by atoms with Gasteiger partial charge in [-0.2, -0.15) is 0 Å². The summed E-state index contributed by atoms with van der Waals surface area (Å²) in [7, 11) is 2.00. The predicted molar refractivity (Wildman–Crippen MR) is 103 cm³/mol. The zero-order chi connectivity index (χ0) is 18.9. The molecule has 2 N–H and O–H groups in total. The Bertz CT molecular complexity index is 802. The second-order valence-electron chi connectivity index (χ2n) is 7.81. The second-order valence-corrected chi connectivity index (χ2v) is 7.81. The number of anilines is 2. The third-order valence-corrected chi connectivity index (χ3v) is 4.51. The number of ether oxygens (including phenoxy) is 1. The number of nitrogen functional groups attached to an aromatic ring is 1. The van der Waals surface area contributed by atoms with E-state index in [-0.39, 0.29) is 12.1 Å². The van der Waals surface area contributed by atoms with Gasteiger partial charge in [0.1, 0.15) is 11.4 Å². The summed E-state index contributed by atoms with van der Waals surface area (Å²) in [5.74, 6) is 0.790. The predicted octanol–water partition coefficient (Wildman–Crippen LogP) is 3.05. The number of piperidine rings is 1. The topological polar surface area (TPSA) is 84.6 Å². The van der Waals surface area contributed by atoms with Crippen LogP contribution in [0.1, 0.15) is 33.6 Å². The van der Waals surface area contributed by atoms with E-state index in [0.717, 1.165) is 36.2 Å². The smallest absolute Gasteiger partial charge is 0.410 e. The van der Waals surface area contributed by atoms with Gasteiger partial charge in [-0.25, -0.2) is 9.78 Å². The molecule has 0 radical (unpaired) electrons. The summed E-state index contributed by atoms with van der Waals surface area (Å²) in [5, 5.41) is 0. The summed E-state index contributed by atoms with van der Waals surface area (Å²) < 4.78 is 5.51. The molecular weight excluding hydrogens is 330 g/mol. The van der Waals surface area contributed by atoms with Crippen LogP contribution in [0.3, 0.4) is 0 Å². The molecule has 0 unspecified atom stereocenters. The molecule has 2 aromatic rings. The molecule has 0 spiro atoms. The van der Waals surface area contributed by atoms with Gasteiger partial charge >= 0.3 is 6.09 Å². The molecule has 0 saturated carbocycles. The van der Waals surface area contributed by atoms with Gasteiger partial charge in [-0.05, 0) is 51.8 Å². The van der Waals surface area contributed by atoms with Crippen LogP contribution < -0.4 is 10.6 Å². The van der Waals surface area contributed by atoms with Crippen molar-refractivity contribution in [1.82, 2.24) is 14.9 Å². The van der Waals surface area contributed by atoms with Gasteiger partial charge in [-0.1, -0.05) is 0 Å². The van der Waals surface area contributed by atoms with Crippen molar-refractivity contribution in [1.29, 1.82) is 0 Å². The van der Waals surface area contributed by atoms with E-state index in [1.807, 2.05) is 46.0 Å². The first-order chi connectivity index (χ1) is 12.2. The van der Waals surface area contributed by atoms with Crippen LogP contribution in [0.25, 0.3) is 11.0 Å². The zero-order valence-corrected chi connectivity index (χ0v) is 15.9. The highest BCUT2D eigenvalue weighted by atomic mass is 16.6. The van der Waals surface area contributed by atoms with E-state index in [4.69, 9.17) is 15.5 Å². The Hall–Kier alpha value is -2.57. The number of likely N-dealkylation sites (tertiary alicyclic amines) is 1. The number of carbonyl (C=O) groups excluding carboxylic acids is 1. The number of nitrogens with two attached hydrogens (primary N) is 1. The Morgan fingerprint density at radius 3 is 2.85 bits per heavy atom. The third-order valence-electron chi connectivity index (χ3n) is 4.51. The Morgan fingerprint density at radius 2 is 2.12 bits per heavy atom. The van der Waals surface area contributed by atoms with E-state index in [1.165, 1.54) is 0 Å². The lowest BCUT2D eigenvalue weighted by atomic mass is 10.0. The van der Waals surface area contributed by atoms with Gasteiger partial charge in [0, 0.05) is 31.9 Å². The molecule has 0 aliphatic carbocycles. The van der Waals surface area contributed by atoms with Crippen molar-refractivity contribution in [3.05, 3.63) is 24.4 Å². The average molecular weight is 357 g/mol. The lowest BCUT2D eigenvalue weighted by molar-refractivity contribution is 0.0199. The van der Waals surface area contributed by atoms with Crippen LogP contribution in [0.5, 0.6) is 0 Å². The van der Waals surface area contributed by atoms with Crippen molar-refractivity contribution in [3.8, 4) is 0 Å². The first kappa shape index (κ1) is 18.2. The van der Waals surface area contributed by atoms with Crippen LogP contribution in [0.2, 0.25) is 0 Å². The largest absolute Gasteiger partial charge is 0.444 e. The van der Waals surface area contributed by atoms with Gasteiger partial charge in [0.25, 0.3) is 0 Å². The first-order valence-corrected chi connectivity index (χ1v) is 8.96. The van der Waals surface area contributed by atoms with Gasteiger partial charge in [0.15, 0.2) is 0 Å². The van der Waals surface area contributed by atoms with Crippen LogP contribution in [0.4, 0.5) is 16.3 Å². The fraction of sp³-hybridized carbons (Fsp3) is 0.526. The van der Waals surface area contributed by atoms with E-state index in [9.17, 15) is 4.79 Å². The number of rotatable bonds is 2. The minimum Gasteiger partial charge on any atom is -0.444 e. The number of likely N-dealkylation sites (N-methyl/N-ethyl adjacent to an activating group) is 1. The lowest BCUT2D eigenvalue weighted by Gasteiger charge is -2.38. The van der Waals surface area contributed by atoms with E-state index < -0.39 is 5.60 Å². The van der Waals surface area contributed by atoms with Crippen LogP contribution >= 0.6 is 0 Å². The maximum atomic E-state index is 12.4. The van der Waals surface area contributed by atoms with Crippen LogP contribution in [-0.2, 0) is 4.74 Å². The van der Waals surface area contributed by atoms with E-state index >= 15 is 0 Å². The van der Waals surface area contributed by atoms with Crippen molar-refractivity contribution in [3.63, 3.8) is 0 Å². The summed E-state index contributed by atoms with van der Waals surface area (Å²) in [6.07, 6.45) is 3.44. The Labute approximate surface area is 154 Å². The maximum Gasteiger partial charge on any atom is 0.410 e. The molecule has 7 heteroatoms. The number of fused-ring (bicyclic) bond motifs is 1. The van der Waals surface area contributed by atoms with Gasteiger partial charge in [0.2, 0.25) is 0 Å². The molecule has 1 aliphatic rings. The molecule has 26 heavy (non-hydrogen) atoms. The Balaban J connectivity index is 1.73. The minimum absolute atomic E-state index is 0.178. The van der Waals surface area contributed by atoms with Crippen molar-refractivity contribution in [2.45, 2.75) is 45.3 Å². The molecule has 140 valence electrons. The number of nitrogens with zero attached hydrogens (tertiary/aromatic N) is 4. The number of aromatic nitrogens is 2. The van der Waals surface area contributed by atoms with Crippen molar-refractivity contribution < 1.29 is 9.53 Å². The molecule has 2 heterocycles. The summed E-state index contributed by atoms with van der Waals surface area (Å²) >= 11 is 0. The molecule has 1 aromatic heterocycles. The van der Waals surface area contributed by atoms with Gasteiger partial charge < -0.3 is 20.3 Å². The molecule has 1 amide bonds. The highest BCUT2D eigenvalue weighted by Crippen LogP contribution is 2.23. The maximum absolute atomic E-state index is 12.4. The van der Waals surface area contributed by atoms with Gasteiger partial charge in [-0.15, -0.1) is 0 Å². The Kier molecular flexibility index (Phi) is 4.89. The van der Waals surface area contributed by atoms with E-state index in [1.54, 1.807) is 11.1 Å². The van der Waals surface area contributed by atoms with E-state index in [2.05, 4.69) is 9.88 Å². The molecular formula is C19H27N5O2. The van der Waals surface area contributed by atoms with Crippen molar-refractivity contribution in [2.75, 3.05) is 30.8 Å². The quantitative estimate of drug-likeness (QED) is 0.832. The second kappa shape index (κ2) is 6.97. The molecule has 1 atom stereocenters. The van der Waals surface area contributed by atoms with E-state index in [0.29, 0.717) is 12.2 Å².